The standard InChI is InChI=1S/C12H26N2O4S/c1-5-8-14(9-6-2)19(17,18)13-10-12(4,7-3)11(15)16/h13H,5-10H2,1-4H3,(H,15,16). The number of aliphatic carboxylic acids is 1. The SMILES string of the molecule is CCCN(CCC)S(=O)(=O)NCC(C)(CC)C(=O)O. The molecule has 114 valence electrons. The van der Waals surface area contributed by atoms with Crippen molar-refractivity contribution in [3.05, 3.63) is 0 Å². The molecule has 0 aromatic carbocycles. The van der Waals surface area contributed by atoms with Gasteiger partial charge in [-0.25, -0.2) is 4.72 Å². The molecule has 0 amide bonds. The summed E-state index contributed by atoms with van der Waals surface area (Å²) in [6.07, 6.45) is 1.82. The van der Waals surface area contributed by atoms with Gasteiger partial charge in [0, 0.05) is 19.6 Å². The molecule has 0 spiro atoms. The van der Waals surface area contributed by atoms with E-state index in [9.17, 15) is 13.2 Å². The molecule has 0 aromatic heterocycles. The van der Waals surface area contributed by atoms with Gasteiger partial charge in [0.25, 0.3) is 10.2 Å². The van der Waals surface area contributed by atoms with Crippen molar-refractivity contribution in [3.8, 4) is 0 Å². The van der Waals surface area contributed by atoms with Crippen LogP contribution in [0.5, 0.6) is 0 Å². The van der Waals surface area contributed by atoms with E-state index in [0.29, 0.717) is 19.5 Å². The van der Waals surface area contributed by atoms with Crippen molar-refractivity contribution in [1.29, 1.82) is 0 Å². The molecule has 7 heteroatoms. The van der Waals surface area contributed by atoms with Crippen LogP contribution in [0.2, 0.25) is 0 Å². The van der Waals surface area contributed by atoms with Crippen molar-refractivity contribution < 1.29 is 18.3 Å². The smallest absolute Gasteiger partial charge is 0.310 e. The third-order valence-corrected chi connectivity index (χ3v) is 4.78. The van der Waals surface area contributed by atoms with Crippen molar-refractivity contribution >= 4 is 16.2 Å². The zero-order valence-corrected chi connectivity index (χ0v) is 13.1. The molecular formula is C12H26N2O4S. The molecule has 0 heterocycles. The van der Waals surface area contributed by atoms with Crippen LogP contribution in [0.4, 0.5) is 0 Å². The molecule has 2 N–H and O–H groups in total. The predicted molar refractivity (Wildman–Crippen MR) is 75.1 cm³/mol. The molecule has 0 aliphatic heterocycles. The number of carboxylic acids is 1. The molecule has 0 rings (SSSR count). The van der Waals surface area contributed by atoms with E-state index >= 15 is 0 Å². The van der Waals surface area contributed by atoms with Crippen LogP contribution in [-0.4, -0.2) is 43.4 Å². The van der Waals surface area contributed by atoms with Gasteiger partial charge in [-0.15, -0.1) is 0 Å². The third kappa shape index (κ3) is 5.46. The Morgan fingerprint density at radius 2 is 1.68 bits per heavy atom. The average Bonchev–Trinajstić information content (AvgIpc) is 2.35. The Morgan fingerprint density at radius 3 is 2.00 bits per heavy atom. The van der Waals surface area contributed by atoms with Gasteiger partial charge < -0.3 is 5.11 Å². The fourth-order valence-corrected chi connectivity index (χ4v) is 3.07. The van der Waals surface area contributed by atoms with Gasteiger partial charge in [0.2, 0.25) is 0 Å². The van der Waals surface area contributed by atoms with Crippen LogP contribution >= 0.6 is 0 Å². The van der Waals surface area contributed by atoms with Gasteiger partial charge in [-0.1, -0.05) is 20.8 Å². The number of hydrogen-bond acceptors (Lipinski definition) is 3. The Hall–Kier alpha value is -0.660. The van der Waals surface area contributed by atoms with E-state index in [0.717, 1.165) is 12.8 Å². The molecule has 0 saturated carbocycles. The second-order valence-electron chi connectivity index (χ2n) is 4.94. The van der Waals surface area contributed by atoms with E-state index in [1.807, 2.05) is 13.8 Å². The minimum atomic E-state index is -3.60. The summed E-state index contributed by atoms with van der Waals surface area (Å²) in [7, 11) is -3.60. The first-order valence-electron chi connectivity index (χ1n) is 6.71. The largest absolute Gasteiger partial charge is 0.481 e. The molecule has 1 unspecified atom stereocenters. The zero-order valence-electron chi connectivity index (χ0n) is 12.3. The first-order valence-corrected chi connectivity index (χ1v) is 8.15. The lowest BCUT2D eigenvalue weighted by Gasteiger charge is -2.26. The van der Waals surface area contributed by atoms with Crippen LogP contribution in [0.1, 0.15) is 47.0 Å². The topological polar surface area (TPSA) is 86.7 Å². The van der Waals surface area contributed by atoms with E-state index in [2.05, 4.69) is 4.72 Å². The fraction of sp³-hybridized carbons (Fsp3) is 0.917. The zero-order chi connectivity index (χ0) is 15.1. The lowest BCUT2D eigenvalue weighted by Crippen LogP contribution is -2.47. The van der Waals surface area contributed by atoms with Gasteiger partial charge in [0.05, 0.1) is 5.41 Å². The van der Waals surface area contributed by atoms with E-state index in [1.165, 1.54) is 4.31 Å². The Balaban J connectivity index is 4.80. The lowest BCUT2D eigenvalue weighted by atomic mass is 9.88. The maximum absolute atomic E-state index is 12.1. The van der Waals surface area contributed by atoms with Crippen LogP contribution in [0.3, 0.4) is 0 Å². The summed E-state index contributed by atoms with van der Waals surface area (Å²) in [5.41, 5.74) is -1.07. The van der Waals surface area contributed by atoms with Crippen LogP contribution in [0, 0.1) is 5.41 Å². The van der Waals surface area contributed by atoms with Crippen molar-refractivity contribution in [3.63, 3.8) is 0 Å². The van der Waals surface area contributed by atoms with Crippen molar-refractivity contribution in [2.45, 2.75) is 47.0 Å². The highest BCUT2D eigenvalue weighted by molar-refractivity contribution is 7.87. The number of nitrogens with zero attached hydrogens (tertiary/aromatic N) is 1. The van der Waals surface area contributed by atoms with E-state index in [4.69, 9.17) is 5.11 Å². The highest BCUT2D eigenvalue weighted by atomic mass is 32.2. The summed E-state index contributed by atoms with van der Waals surface area (Å²) in [5, 5.41) is 9.13. The van der Waals surface area contributed by atoms with Crippen LogP contribution in [0.25, 0.3) is 0 Å². The number of rotatable bonds is 10. The highest BCUT2D eigenvalue weighted by Gasteiger charge is 2.33. The normalized spacial score (nSPS) is 15.4. The quantitative estimate of drug-likeness (QED) is 0.638. The number of nitrogens with one attached hydrogen (secondary N) is 1. The van der Waals surface area contributed by atoms with Gasteiger partial charge in [0.15, 0.2) is 0 Å². The second-order valence-corrected chi connectivity index (χ2v) is 6.70. The predicted octanol–water partition coefficient (Wildman–Crippen LogP) is 1.44. The number of hydrogen-bond donors (Lipinski definition) is 2. The van der Waals surface area contributed by atoms with Gasteiger partial charge >= 0.3 is 5.97 Å². The molecule has 19 heavy (non-hydrogen) atoms. The molecule has 0 bridgehead atoms. The van der Waals surface area contributed by atoms with Gasteiger partial charge in [-0.3, -0.25) is 4.79 Å². The first-order chi connectivity index (χ1) is 8.73. The van der Waals surface area contributed by atoms with Gasteiger partial charge in [-0.2, -0.15) is 12.7 Å². The Kier molecular flexibility index (Phi) is 7.54. The highest BCUT2D eigenvalue weighted by Crippen LogP contribution is 2.20. The minimum Gasteiger partial charge on any atom is -0.481 e. The summed E-state index contributed by atoms with van der Waals surface area (Å²) in [6, 6.07) is 0. The van der Waals surface area contributed by atoms with E-state index < -0.39 is 21.6 Å². The second kappa shape index (κ2) is 7.81. The van der Waals surface area contributed by atoms with Crippen molar-refractivity contribution in [2.24, 2.45) is 5.41 Å². The molecule has 0 aliphatic carbocycles. The Labute approximate surface area is 116 Å². The summed E-state index contributed by atoms with van der Waals surface area (Å²) in [4.78, 5) is 11.1. The Bertz CT molecular complexity index is 377. The average molecular weight is 294 g/mol. The molecular weight excluding hydrogens is 268 g/mol. The van der Waals surface area contributed by atoms with Crippen molar-refractivity contribution in [1.82, 2.24) is 9.03 Å². The molecule has 6 nitrogen and oxygen atoms in total. The third-order valence-electron chi connectivity index (χ3n) is 3.23. The van der Waals surface area contributed by atoms with E-state index in [-0.39, 0.29) is 6.54 Å². The summed E-state index contributed by atoms with van der Waals surface area (Å²) in [5.74, 6) is -0.991. The lowest BCUT2D eigenvalue weighted by molar-refractivity contribution is -0.147. The number of carbonyl (C=O) groups is 1. The molecule has 0 saturated heterocycles. The molecule has 0 aliphatic rings. The molecule has 0 radical (unpaired) electrons. The molecule has 1 atom stereocenters. The summed E-state index contributed by atoms with van der Waals surface area (Å²) >= 11 is 0. The minimum absolute atomic E-state index is 0.0922. The fourth-order valence-electron chi connectivity index (χ4n) is 1.54. The first kappa shape index (κ1) is 18.3. The molecule has 0 fully saturated rings. The van der Waals surface area contributed by atoms with Crippen LogP contribution in [0.15, 0.2) is 0 Å². The summed E-state index contributed by atoms with van der Waals surface area (Å²) in [6.45, 7) is 7.89. The van der Waals surface area contributed by atoms with Crippen LogP contribution < -0.4 is 4.72 Å². The maximum Gasteiger partial charge on any atom is 0.310 e. The Morgan fingerprint density at radius 1 is 1.21 bits per heavy atom. The monoisotopic (exact) mass is 294 g/mol. The number of carboxylic acid groups (broad SMARTS) is 1. The van der Waals surface area contributed by atoms with Gasteiger partial charge in [-0.05, 0) is 26.2 Å². The van der Waals surface area contributed by atoms with Crippen LogP contribution in [-0.2, 0) is 15.0 Å². The molecule has 0 aromatic rings. The summed E-state index contributed by atoms with van der Waals surface area (Å²) < 4.78 is 28.0. The van der Waals surface area contributed by atoms with Crippen molar-refractivity contribution in [2.75, 3.05) is 19.6 Å². The maximum atomic E-state index is 12.1. The van der Waals surface area contributed by atoms with Gasteiger partial charge in [0.1, 0.15) is 0 Å². The van der Waals surface area contributed by atoms with E-state index in [1.54, 1.807) is 13.8 Å².